The van der Waals surface area contributed by atoms with E-state index in [0.717, 1.165) is 0 Å². The molecule has 0 bridgehead atoms. The van der Waals surface area contributed by atoms with Crippen molar-refractivity contribution in [3.63, 3.8) is 0 Å². The van der Waals surface area contributed by atoms with Crippen molar-refractivity contribution in [1.29, 1.82) is 0 Å². The lowest BCUT2D eigenvalue weighted by Gasteiger charge is -1.79. The molecule has 0 fully saturated rings. The van der Waals surface area contributed by atoms with Gasteiger partial charge in [-0.25, -0.2) is 0 Å². The topological polar surface area (TPSA) is 14.1 Å². The van der Waals surface area contributed by atoms with E-state index >= 15 is 0 Å². The fraction of sp³-hybridized carbons (Fsp3) is 0. The van der Waals surface area contributed by atoms with E-state index in [1.165, 1.54) is 7.40 Å². The molecule has 0 atom stereocenters. The Morgan fingerprint density at radius 1 is 1.12 bits per heavy atom. The molecule has 1 N–H and O–H groups in total. The number of H-pyrrole nitrogens is 1. The maximum absolute atomic E-state index is 3.14. The number of hydrogen-bond donors (Lipinski definition) is 0. The van der Waals surface area contributed by atoms with Crippen LogP contribution in [-0.4, -0.2) is 0 Å². The summed E-state index contributed by atoms with van der Waals surface area (Å²) in [6.45, 7) is 0. The van der Waals surface area contributed by atoms with Gasteiger partial charge in [0.15, 0.2) is 0 Å². The molecular formula is C5H4I2N+. The van der Waals surface area contributed by atoms with Crippen LogP contribution in [0.15, 0.2) is 18.2 Å². The Hall–Kier alpha value is 0.610. The molecule has 1 rings (SSSR count). The minimum absolute atomic E-state index is 1.18. The molecule has 1 aromatic heterocycles. The highest BCUT2D eigenvalue weighted by atomic mass is 127. The standard InChI is InChI=1S/C5H3I2N/c6-4-2-1-3-5(7)8-4/h1-3H/p+1. The number of nitrogens with one attached hydrogen (secondary N) is 1. The normalized spacial score (nSPS) is 9.25. The van der Waals surface area contributed by atoms with E-state index in [-0.39, 0.29) is 0 Å². The SMILES string of the molecule is Ic1cccc(I)[nH+]1. The highest BCUT2D eigenvalue weighted by Gasteiger charge is 1.94. The van der Waals surface area contributed by atoms with Gasteiger partial charge in [-0.3, -0.25) is 0 Å². The number of aromatic nitrogens is 1. The van der Waals surface area contributed by atoms with Crippen LogP contribution in [0.4, 0.5) is 0 Å². The summed E-state index contributed by atoms with van der Waals surface area (Å²) in [5, 5.41) is 0. The highest BCUT2D eigenvalue weighted by molar-refractivity contribution is 14.1. The fourth-order valence-corrected chi connectivity index (χ4v) is 1.93. The van der Waals surface area contributed by atoms with E-state index in [1.54, 1.807) is 0 Å². The molecule has 3 heteroatoms. The van der Waals surface area contributed by atoms with Crippen LogP contribution in [0.2, 0.25) is 0 Å². The average molecular weight is 332 g/mol. The van der Waals surface area contributed by atoms with Crippen LogP contribution in [0, 0.1) is 7.40 Å². The number of hydrogen-bond acceptors (Lipinski definition) is 0. The van der Waals surface area contributed by atoms with Crippen molar-refractivity contribution in [2.45, 2.75) is 0 Å². The van der Waals surface area contributed by atoms with Gasteiger partial charge in [0, 0.05) is 57.3 Å². The third-order valence-electron chi connectivity index (χ3n) is 0.724. The number of halogens is 2. The Kier molecular flexibility index (Phi) is 2.48. The van der Waals surface area contributed by atoms with Gasteiger partial charge in [-0.05, 0) is 6.07 Å². The van der Waals surface area contributed by atoms with Crippen molar-refractivity contribution in [1.82, 2.24) is 0 Å². The number of pyridine rings is 1. The van der Waals surface area contributed by atoms with Crippen LogP contribution >= 0.6 is 45.2 Å². The maximum Gasteiger partial charge on any atom is 0.240 e. The fourth-order valence-electron chi connectivity index (χ4n) is 0.414. The molecule has 8 heavy (non-hydrogen) atoms. The van der Waals surface area contributed by atoms with Crippen molar-refractivity contribution < 1.29 is 4.98 Å². The monoisotopic (exact) mass is 332 g/mol. The van der Waals surface area contributed by atoms with Crippen molar-refractivity contribution in [3.05, 3.63) is 25.6 Å². The zero-order chi connectivity index (χ0) is 5.98. The van der Waals surface area contributed by atoms with Gasteiger partial charge in [0.25, 0.3) is 0 Å². The molecule has 1 nitrogen and oxygen atoms in total. The third-order valence-corrected chi connectivity index (χ3v) is 1.98. The highest BCUT2D eigenvalue weighted by Crippen LogP contribution is 1.98. The van der Waals surface area contributed by atoms with Crippen LogP contribution in [0.5, 0.6) is 0 Å². The van der Waals surface area contributed by atoms with Gasteiger partial charge in [-0.1, -0.05) is 0 Å². The van der Waals surface area contributed by atoms with E-state index in [0.29, 0.717) is 0 Å². The summed E-state index contributed by atoms with van der Waals surface area (Å²) in [5.41, 5.74) is 0. The lowest BCUT2D eigenvalue weighted by atomic mass is 10.5. The largest absolute Gasteiger partial charge is 0.240 e. The van der Waals surface area contributed by atoms with E-state index in [1.807, 2.05) is 18.2 Å². The van der Waals surface area contributed by atoms with Crippen LogP contribution in [-0.2, 0) is 0 Å². The van der Waals surface area contributed by atoms with Crippen molar-refractivity contribution in [2.24, 2.45) is 0 Å². The maximum atomic E-state index is 3.14. The first-order chi connectivity index (χ1) is 3.79. The second-order valence-electron chi connectivity index (χ2n) is 1.35. The molecule has 0 amide bonds. The molecule has 0 aromatic carbocycles. The van der Waals surface area contributed by atoms with Gasteiger partial charge >= 0.3 is 0 Å². The molecule has 0 saturated carbocycles. The molecular weight excluding hydrogens is 328 g/mol. The predicted octanol–water partition coefficient (Wildman–Crippen LogP) is 1.71. The van der Waals surface area contributed by atoms with Gasteiger partial charge < -0.3 is 0 Å². The van der Waals surface area contributed by atoms with E-state index in [4.69, 9.17) is 0 Å². The lowest BCUT2D eigenvalue weighted by Crippen LogP contribution is -2.10. The minimum atomic E-state index is 1.18. The molecule has 0 radical (unpaired) electrons. The van der Waals surface area contributed by atoms with Crippen molar-refractivity contribution in [2.75, 3.05) is 0 Å². The van der Waals surface area contributed by atoms with Crippen molar-refractivity contribution >= 4 is 45.2 Å². The first kappa shape index (κ1) is 6.73. The Labute approximate surface area is 75.2 Å². The molecule has 0 saturated heterocycles. The van der Waals surface area contributed by atoms with Crippen LogP contribution in [0.3, 0.4) is 0 Å². The zero-order valence-corrected chi connectivity index (χ0v) is 8.30. The molecule has 1 aromatic rings. The summed E-state index contributed by atoms with van der Waals surface area (Å²) in [7, 11) is 0. The first-order valence-electron chi connectivity index (χ1n) is 2.12. The summed E-state index contributed by atoms with van der Waals surface area (Å²) < 4.78 is 2.35. The molecule has 0 aliphatic carbocycles. The van der Waals surface area contributed by atoms with Crippen LogP contribution in [0.25, 0.3) is 0 Å². The summed E-state index contributed by atoms with van der Waals surface area (Å²) in [4.78, 5) is 3.14. The lowest BCUT2D eigenvalue weighted by molar-refractivity contribution is -0.410. The summed E-state index contributed by atoms with van der Waals surface area (Å²) in [6.07, 6.45) is 0. The van der Waals surface area contributed by atoms with Crippen LogP contribution < -0.4 is 4.98 Å². The Morgan fingerprint density at radius 2 is 1.62 bits per heavy atom. The molecule has 0 aliphatic heterocycles. The molecule has 0 aliphatic rings. The van der Waals surface area contributed by atoms with Gasteiger partial charge in [0.2, 0.25) is 7.40 Å². The number of aromatic amines is 1. The smallest absolute Gasteiger partial charge is 0.195 e. The summed E-state index contributed by atoms with van der Waals surface area (Å²) in [5.74, 6) is 0. The Morgan fingerprint density at radius 3 is 1.88 bits per heavy atom. The average Bonchev–Trinajstić information content (AvgIpc) is 1.64. The quantitative estimate of drug-likeness (QED) is 0.507. The second-order valence-corrected chi connectivity index (χ2v) is 3.67. The Bertz CT molecular complexity index is 170. The van der Waals surface area contributed by atoms with Gasteiger partial charge in [-0.15, -0.1) is 0 Å². The predicted molar refractivity (Wildman–Crippen MR) is 48.4 cm³/mol. The number of rotatable bonds is 0. The third kappa shape index (κ3) is 1.85. The van der Waals surface area contributed by atoms with Gasteiger partial charge in [0.05, 0.1) is 0 Å². The van der Waals surface area contributed by atoms with Crippen molar-refractivity contribution in [3.8, 4) is 0 Å². The van der Waals surface area contributed by atoms with Crippen LogP contribution in [0.1, 0.15) is 0 Å². The van der Waals surface area contributed by atoms with E-state index in [9.17, 15) is 0 Å². The Balaban J connectivity index is 3.08. The molecule has 42 valence electrons. The van der Waals surface area contributed by atoms with E-state index < -0.39 is 0 Å². The molecule has 0 spiro atoms. The first-order valence-corrected chi connectivity index (χ1v) is 4.28. The van der Waals surface area contributed by atoms with E-state index in [2.05, 4.69) is 50.2 Å². The zero-order valence-electron chi connectivity index (χ0n) is 3.99. The summed E-state index contributed by atoms with van der Waals surface area (Å²) in [6, 6.07) is 6.09. The van der Waals surface area contributed by atoms with Gasteiger partial charge in [0.1, 0.15) is 0 Å². The second kappa shape index (κ2) is 2.95. The summed E-state index contributed by atoms with van der Waals surface area (Å²) >= 11 is 4.49. The molecule has 0 unspecified atom stereocenters. The minimum Gasteiger partial charge on any atom is -0.195 e. The molecule has 1 heterocycles. The van der Waals surface area contributed by atoms with Gasteiger partial charge in [-0.2, -0.15) is 4.98 Å².